The number of halogens is 5. The largest absolute Gasteiger partial charge is 0.416 e. The average molecular weight is 761 g/mol. The Balaban J connectivity index is 1.42. The van der Waals surface area contributed by atoms with E-state index in [-0.39, 0.29) is 49.8 Å². The number of likely N-dealkylation sites (tertiary alicyclic amines) is 1. The number of carbonyl (C=O) groups excluding carboxylic acids is 1. The number of pyridine rings is 1. The molecule has 1 saturated heterocycles. The predicted octanol–water partition coefficient (Wildman–Crippen LogP) is 8.71. The molecule has 1 amide bonds. The number of piperidine rings is 1. The number of methoxy groups -OCH3 is 1. The van der Waals surface area contributed by atoms with Crippen LogP contribution in [0.1, 0.15) is 50.2 Å². The van der Waals surface area contributed by atoms with E-state index in [1.807, 2.05) is 0 Å². The highest BCUT2D eigenvalue weighted by Gasteiger charge is 2.31. The lowest BCUT2D eigenvalue weighted by atomic mass is 10.00. The molecule has 4 aromatic carbocycles. The second-order valence-corrected chi connectivity index (χ2v) is 13.1. The number of alkyl halides is 3. The molecule has 53 heavy (non-hydrogen) atoms. The number of fused-ring (bicyclic) bond motifs is 1. The Hall–Kier alpha value is -4.52. The maximum Gasteiger partial charge on any atom is 0.416 e. The van der Waals surface area contributed by atoms with Gasteiger partial charge in [-0.2, -0.15) is 13.2 Å². The van der Waals surface area contributed by atoms with E-state index in [0.29, 0.717) is 16.7 Å². The van der Waals surface area contributed by atoms with Gasteiger partial charge in [-0.1, -0.05) is 60.1 Å². The second-order valence-electron chi connectivity index (χ2n) is 12.3. The fraction of sp³-hybridized carbons (Fsp3) is 0.317. The van der Waals surface area contributed by atoms with Gasteiger partial charge in [0.1, 0.15) is 6.54 Å². The van der Waals surface area contributed by atoms with Gasteiger partial charge in [-0.15, -0.1) is 11.8 Å². The number of thioether (sulfide) groups is 1. The average Bonchev–Trinajstić information content (AvgIpc) is 3.23. The summed E-state index contributed by atoms with van der Waals surface area (Å²) in [6.45, 7) is -2.64. The second kappa shape index (κ2) is 16.7. The van der Waals surface area contributed by atoms with Crippen molar-refractivity contribution in [3.8, 4) is 11.1 Å². The number of carbonyl (C=O) groups is 1. The molecule has 1 aliphatic rings. The van der Waals surface area contributed by atoms with E-state index in [2.05, 4.69) is 0 Å². The number of benzene rings is 4. The Labute approximate surface area is 324 Å². The lowest BCUT2D eigenvalue weighted by molar-refractivity contribution is -0.137. The lowest BCUT2D eigenvalue weighted by Gasteiger charge is -2.39. The van der Waals surface area contributed by atoms with Crippen LogP contribution in [0, 0.1) is 18.6 Å². The molecule has 12 heteroatoms. The van der Waals surface area contributed by atoms with Crippen molar-refractivity contribution in [3.05, 3.63) is 135 Å². The molecule has 5 aromatic rings. The van der Waals surface area contributed by atoms with Crippen LogP contribution >= 0.6 is 11.8 Å². The zero-order chi connectivity index (χ0) is 47.3. The molecule has 0 bridgehead atoms. The van der Waals surface area contributed by atoms with E-state index in [0.717, 1.165) is 34.9 Å². The van der Waals surface area contributed by atoms with Gasteiger partial charge in [0.05, 0.1) is 32.3 Å². The molecular formula is C41H40F5N3O3S. The molecule has 0 radical (unpaired) electrons. The molecule has 2 heterocycles. The van der Waals surface area contributed by atoms with Crippen molar-refractivity contribution in [2.75, 3.05) is 33.2 Å². The quantitative estimate of drug-likeness (QED) is 0.0942. The Morgan fingerprint density at radius 1 is 1.02 bits per heavy atom. The lowest BCUT2D eigenvalue weighted by Crippen LogP contribution is -2.48. The van der Waals surface area contributed by atoms with Crippen LogP contribution in [-0.2, 0) is 34.5 Å². The van der Waals surface area contributed by atoms with Crippen LogP contribution in [0.15, 0.2) is 101 Å². The first-order valence-corrected chi connectivity index (χ1v) is 17.3. The van der Waals surface area contributed by atoms with Crippen molar-refractivity contribution >= 4 is 28.6 Å². The van der Waals surface area contributed by atoms with Crippen LogP contribution < -0.4 is 5.43 Å². The van der Waals surface area contributed by atoms with Crippen LogP contribution in [-0.4, -0.2) is 59.5 Å². The van der Waals surface area contributed by atoms with Crippen molar-refractivity contribution in [3.63, 3.8) is 0 Å². The molecule has 0 spiro atoms. The number of hydrogen-bond donors (Lipinski definition) is 0. The minimum Gasteiger partial charge on any atom is -0.383 e. The van der Waals surface area contributed by atoms with E-state index in [1.54, 1.807) is 24.3 Å². The van der Waals surface area contributed by atoms with Gasteiger partial charge in [0.25, 0.3) is 0 Å². The zero-order valence-electron chi connectivity index (χ0n) is 39.2. The number of aromatic nitrogens is 1. The molecule has 1 aliphatic heterocycles. The van der Waals surface area contributed by atoms with Crippen LogP contribution in [0.5, 0.6) is 0 Å². The van der Waals surface area contributed by atoms with E-state index in [4.69, 9.17) is 19.8 Å². The summed E-state index contributed by atoms with van der Waals surface area (Å²) in [5, 5.41) is -1.09. The van der Waals surface area contributed by atoms with Crippen molar-refractivity contribution in [2.24, 2.45) is 0 Å². The molecular weight excluding hydrogens is 710 g/mol. The summed E-state index contributed by atoms with van der Waals surface area (Å²) in [5.41, 5.74) is -4.66. The van der Waals surface area contributed by atoms with Crippen LogP contribution in [0.2, 0.25) is 0 Å². The Bertz CT molecular complexity index is 2620. The number of ether oxygens (including phenoxy) is 1. The summed E-state index contributed by atoms with van der Waals surface area (Å²) in [6, 6.07) is 10.6. The summed E-state index contributed by atoms with van der Waals surface area (Å²) >= 11 is 0.0959. The molecule has 0 unspecified atom stereocenters. The van der Waals surface area contributed by atoms with E-state index in [9.17, 15) is 27.2 Å². The summed E-state index contributed by atoms with van der Waals surface area (Å²) in [4.78, 5) is 31.5. The molecule has 0 atom stereocenters. The first kappa shape index (κ1) is 26.3. The van der Waals surface area contributed by atoms with Gasteiger partial charge in [-0.05, 0) is 66.7 Å². The van der Waals surface area contributed by atoms with Crippen molar-refractivity contribution < 1.29 is 46.6 Å². The SMILES string of the molecule is [2H]c1c(C)c([2H])c2c(=O)c([2H])c(SC([2H])([2H])c3cccc(F)c3F)n(CC(=O)N(Cc3ccc(-c4ccc(C(F)(F)F)cc4)cc3)C3CCN(C([2H])([2H])COC([2H])([2H])[2H])CC3)c2c1[2H]. The summed E-state index contributed by atoms with van der Waals surface area (Å²) in [7, 11) is -2.86. The molecule has 1 fully saturated rings. The predicted molar refractivity (Wildman–Crippen MR) is 198 cm³/mol. The first-order valence-electron chi connectivity index (χ1n) is 21.9. The first-order chi connectivity index (χ1) is 29.7. The molecule has 0 N–H and O–H groups in total. The highest BCUT2D eigenvalue weighted by atomic mass is 32.2. The smallest absolute Gasteiger partial charge is 0.383 e. The Kier molecular flexibility index (Phi) is 8.26. The van der Waals surface area contributed by atoms with Crippen molar-refractivity contribution in [1.29, 1.82) is 0 Å². The van der Waals surface area contributed by atoms with E-state index >= 15 is 4.39 Å². The third-order valence-corrected chi connectivity index (χ3v) is 9.66. The van der Waals surface area contributed by atoms with Crippen molar-refractivity contribution in [2.45, 2.75) is 55.8 Å². The van der Waals surface area contributed by atoms with Crippen LogP contribution in [0.25, 0.3) is 22.0 Å². The highest BCUT2D eigenvalue weighted by Crippen LogP contribution is 2.32. The standard InChI is InChI=1S/C41H40F5N3O3S/c1-27-6-15-36-34(22-27)37(50)23-39(53-26-31-4-3-5-35(42)40(31)43)49(36)25-38(51)48(33-16-18-47(19-17-33)20-21-52-2)24-28-7-9-29(10-8-28)30-11-13-32(14-12-30)41(44,45)46/h3-15,22-23,33H,16-21,24-26H2,1-2H3/i2D3,6D,15D,20D2,22D,23D,26D2. The summed E-state index contributed by atoms with van der Waals surface area (Å²) in [5.74, 6) is -3.68. The summed E-state index contributed by atoms with van der Waals surface area (Å²) in [6.07, 6.45) is -4.29. The van der Waals surface area contributed by atoms with Crippen LogP contribution in [0.4, 0.5) is 22.0 Å². The van der Waals surface area contributed by atoms with Gasteiger partial charge in [-0.25, -0.2) is 8.78 Å². The monoisotopic (exact) mass is 760 g/mol. The Morgan fingerprint density at radius 3 is 2.40 bits per heavy atom. The Morgan fingerprint density at radius 2 is 1.72 bits per heavy atom. The molecule has 6 rings (SSSR count). The maximum atomic E-state index is 15.1. The normalized spacial score (nSPS) is 18.0. The van der Waals surface area contributed by atoms with E-state index < -0.39 is 119 Å². The fourth-order valence-electron chi connectivity index (χ4n) is 6.06. The maximum absolute atomic E-state index is 15.1. The van der Waals surface area contributed by atoms with Gasteiger partial charge in [0.2, 0.25) is 5.91 Å². The van der Waals surface area contributed by atoms with Gasteiger partial charge < -0.3 is 19.1 Å². The van der Waals surface area contributed by atoms with Crippen molar-refractivity contribution in [1.82, 2.24) is 14.4 Å². The minimum absolute atomic E-state index is 0.0115. The van der Waals surface area contributed by atoms with Gasteiger partial charge in [0.15, 0.2) is 17.1 Å². The summed E-state index contributed by atoms with van der Waals surface area (Å²) < 4.78 is 167. The van der Waals surface area contributed by atoms with Crippen LogP contribution in [0.3, 0.4) is 0 Å². The zero-order valence-corrected chi connectivity index (χ0v) is 29.1. The highest BCUT2D eigenvalue weighted by molar-refractivity contribution is 7.98. The number of nitrogens with zero attached hydrogens (tertiary/aromatic N) is 3. The number of hydrogen-bond acceptors (Lipinski definition) is 5. The third-order valence-electron chi connectivity index (χ3n) is 8.82. The minimum atomic E-state index is -4.54. The number of rotatable bonds is 12. The topological polar surface area (TPSA) is 54.8 Å². The molecule has 0 saturated carbocycles. The van der Waals surface area contributed by atoms with Gasteiger partial charge in [0, 0.05) is 67.4 Å². The molecule has 278 valence electrons. The molecule has 1 aromatic heterocycles. The third kappa shape index (κ3) is 9.17. The number of amides is 1. The van der Waals surface area contributed by atoms with Gasteiger partial charge in [-0.3, -0.25) is 9.59 Å². The fourth-order valence-corrected chi connectivity index (χ4v) is 6.84. The molecule has 0 aliphatic carbocycles. The molecule has 6 nitrogen and oxygen atoms in total. The van der Waals surface area contributed by atoms with Gasteiger partial charge >= 0.3 is 6.18 Å². The van der Waals surface area contributed by atoms with E-state index in [1.165, 1.54) is 28.9 Å².